The van der Waals surface area contributed by atoms with Crippen molar-refractivity contribution in [1.29, 1.82) is 0 Å². The number of fused-ring (bicyclic) bond motifs is 2. The summed E-state index contributed by atoms with van der Waals surface area (Å²) in [4.78, 5) is 26.4. The molecule has 1 aromatic heterocycles. The fourth-order valence-electron chi connectivity index (χ4n) is 5.14. The molecule has 2 aromatic carbocycles. The summed E-state index contributed by atoms with van der Waals surface area (Å²) in [6.45, 7) is 3.04. The number of anilines is 2. The Morgan fingerprint density at radius 2 is 1.88 bits per heavy atom. The Kier molecular flexibility index (Phi) is 7.10. The quantitative estimate of drug-likeness (QED) is 0.360. The van der Waals surface area contributed by atoms with Crippen molar-refractivity contribution >= 4 is 68.7 Å². The van der Waals surface area contributed by atoms with Crippen LogP contribution in [0, 0.1) is 5.92 Å². The molecular weight excluding hydrogens is 491 g/mol. The Hall–Kier alpha value is -2.32. The lowest BCUT2D eigenvalue weighted by Crippen LogP contribution is -2.51. The number of urea groups is 1. The summed E-state index contributed by atoms with van der Waals surface area (Å²) in [6, 6.07) is 10.8. The Morgan fingerprint density at radius 1 is 1.15 bits per heavy atom. The van der Waals surface area contributed by atoms with Crippen molar-refractivity contribution in [3.05, 3.63) is 57.4 Å². The van der Waals surface area contributed by atoms with E-state index in [2.05, 4.69) is 17.7 Å². The lowest BCUT2D eigenvalue weighted by molar-refractivity contribution is -0.927. The van der Waals surface area contributed by atoms with E-state index in [-0.39, 0.29) is 12.4 Å². The van der Waals surface area contributed by atoms with Crippen molar-refractivity contribution < 1.29 is 14.1 Å². The maximum absolute atomic E-state index is 12.9. The second-order valence-electron chi connectivity index (χ2n) is 9.52. The molecule has 4 N–H and O–H groups in total. The molecule has 1 saturated carbocycles. The van der Waals surface area contributed by atoms with Crippen LogP contribution in [-0.2, 0) is 13.0 Å². The predicted octanol–water partition coefficient (Wildman–Crippen LogP) is 6.02. The van der Waals surface area contributed by atoms with E-state index in [4.69, 9.17) is 17.3 Å². The lowest BCUT2D eigenvalue weighted by atomic mass is 9.84. The average Bonchev–Trinajstić information content (AvgIpc) is 3.09. The second kappa shape index (κ2) is 9.74. The lowest BCUT2D eigenvalue weighted by Gasteiger charge is -2.42. The molecule has 1 aliphatic carbocycles. The van der Waals surface area contributed by atoms with Gasteiger partial charge in [0.2, 0.25) is 0 Å². The van der Waals surface area contributed by atoms with Crippen molar-refractivity contribution in [2.24, 2.45) is 11.7 Å². The zero-order chi connectivity index (χ0) is 23.2. The van der Waals surface area contributed by atoms with E-state index in [0.717, 1.165) is 51.1 Å². The van der Waals surface area contributed by atoms with E-state index >= 15 is 0 Å². The molecule has 1 aliphatic heterocycles. The van der Waals surface area contributed by atoms with E-state index in [0.29, 0.717) is 21.3 Å². The number of halogens is 2. The monoisotopic (exact) mass is 519 g/mol. The van der Waals surface area contributed by atoms with Gasteiger partial charge in [0.15, 0.2) is 0 Å². The first kappa shape index (κ1) is 24.8. The number of primary amides is 1. The number of nitrogens with one attached hydrogen (secondary N) is 2. The number of nitrogens with zero attached hydrogens (tertiary/aromatic N) is 1. The average molecular weight is 521 g/mol. The molecule has 9 heteroatoms. The third kappa shape index (κ3) is 4.75. The van der Waals surface area contributed by atoms with Crippen LogP contribution in [0.3, 0.4) is 0 Å². The SMILES string of the molecule is C[N+]1(CC2CCC2)CCc2c(sc(NC(=O)Nc3ccc(Cl)c4ccccc34)c2C(N)=O)C1.Cl. The molecule has 0 bridgehead atoms. The van der Waals surface area contributed by atoms with E-state index in [1.54, 1.807) is 12.1 Å². The number of amides is 3. The highest BCUT2D eigenvalue weighted by Gasteiger charge is 2.37. The molecule has 3 aromatic rings. The summed E-state index contributed by atoms with van der Waals surface area (Å²) < 4.78 is 0.985. The molecule has 0 radical (unpaired) electrons. The van der Waals surface area contributed by atoms with Gasteiger partial charge in [-0.3, -0.25) is 10.1 Å². The van der Waals surface area contributed by atoms with Gasteiger partial charge in [0.25, 0.3) is 5.91 Å². The van der Waals surface area contributed by atoms with Gasteiger partial charge in [-0.05, 0) is 30.5 Å². The summed E-state index contributed by atoms with van der Waals surface area (Å²) in [6.07, 6.45) is 4.79. The molecule has 5 rings (SSSR count). The highest BCUT2D eigenvalue weighted by Crippen LogP contribution is 2.40. The number of nitrogens with two attached hydrogens (primary N) is 1. The third-order valence-electron chi connectivity index (χ3n) is 7.03. The van der Waals surface area contributed by atoms with Crippen molar-refractivity contribution in [3.63, 3.8) is 0 Å². The van der Waals surface area contributed by atoms with Crippen molar-refractivity contribution in [1.82, 2.24) is 0 Å². The van der Waals surface area contributed by atoms with Gasteiger partial charge < -0.3 is 15.5 Å². The fraction of sp³-hybridized carbons (Fsp3) is 0.360. The van der Waals surface area contributed by atoms with Crippen molar-refractivity contribution in [2.45, 2.75) is 32.2 Å². The Morgan fingerprint density at radius 3 is 2.56 bits per heavy atom. The molecule has 6 nitrogen and oxygen atoms in total. The van der Waals surface area contributed by atoms with Crippen molar-refractivity contribution in [3.8, 4) is 0 Å². The van der Waals surface area contributed by atoms with Crippen LogP contribution in [0.15, 0.2) is 36.4 Å². The number of carbonyl (C=O) groups excluding carboxylic acids is 2. The maximum atomic E-state index is 12.9. The molecule has 1 fully saturated rings. The minimum absolute atomic E-state index is 0. The molecule has 2 heterocycles. The van der Waals surface area contributed by atoms with Gasteiger partial charge in [0, 0.05) is 28.1 Å². The maximum Gasteiger partial charge on any atom is 0.324 e. The zero-order valence-electron chi connectivity index (χ0n) is 19.0. The highest BCUT2D eigenvalue weighted by atomic mass is 35.5. The van der Waals surface area contributed by atoms with Crippen LogP contribution in [-0.4, -0.2) is 36.6 Å². The molecule has 180 valence electrons. The molecule has 34 heavy (non-hydrogen) atoms. The van der Waals surface area contributed by atoms with Crippen LogP contribution in [0.2, 0.25) is 5.02 Å². The highest BCUT2D eigenvalue weighted by molar-refractivity contribution is 7.17. The molecule has 3 amide bonds. The van der Waals surface area contributed by atoms with E-state index in [1.807, 2.05) is 24.3 Å². The van der Waals surface area contributed by atoms with E-state index in [1.165, 1.54) is 37.1 Å². The minimum atomic E-state index is -0.491. The van der Waals surface area contributed by atoms with Gasteiger partial charge in [-0.2, -0.15) is 0 Å². The van der Waals surface area contributed by atoms with E-state index in [9.17, 15) is 9.59 Å². The zero-order valence-corrected chi connectivity index (χ0v) is 21.4. The fourth-order valence-corrected chi connectivity index (χ4v) is 6.79. The van der Waals surface area contributed by atoms with Gasteiger partial charge in [-0.15, -0.1) is 23.7 Å². The van der Waals surface area contributed by atoms with Crippen LogP contribution in [0.5, 0.6) is 0 Å². The number of rotatable bonds is 5. The Labute approximate surface area is 214 Å². The number of likely N-dealkylation sites (N-methyl/N-ethyl adjacent to an activating group) is 1. The number of carbonyl (C=O) groups is 2. The van der Waals surface area contributed by atoms with Gasteiger partial charge >= 0.3 is 6.03 Å². The van der Waals surface area contributed by atoms with Crippen LogP contribution in [0.25, 0.3) is 10.8 Å². The number of thiophene rings is 1. The molecule has 1 unspecified atom stereocenters. The number of hydrogen-bond acceptors (Lipinski definition) is 3. The molecule has 1 atom stereocenters. The first-order chi connectivity index (χ1) is 15.8. The molecule has 2 aliphatic rings. The summed E-state index contributed by atoms with van der Waals surface area (Å²) in [7, 11) is 2.30. The standard InChI is InChI=1S/C25H27ClN4O2S.ClH/c1-30(13-15-5-4-6-15)12-11-18-21(14-30)33-24(22(18)23(27)31)29-25(32)28-20-10-9-19(26)16-7-2-3-8-17(16)20;/h2-3,7-10,15H,4-6,11-14H2,1H3,(H3-,27,28,29,31,32);1H/p+1. The van der Waals surface area contributed by atoms with Crippen LogP contribution in [0.1, 0.15) is 40.1 Å². The Bertz CT molecular complexity index is 1260. The first-order valence-electron chi connectivity index (χ1n) is 11.4. The predicted molar refractivity (Wildman–Crippen MR) is 142 cm³/mol. The summed E-state index contributed by atoms with van der Waals surface area (Å²) in [5.41, 5.74) is 7.87. The smallest absolute Gasteiger partial charge is 0.324 e. The third-order valence-corrected chi connectivity index (χ3v) is 8.50. The van der Waals surface area contributed by atoms with Gasteiger partial charge in [-0.25, -0.2) is 4.79 Å². The number of benzene rings is 2. The van der Waals surface area contributed by atoms with Crippen LogP contribution >= 0.6 is 35.3 Å². The normalized spacial score (nSPS) is 19.6. The van der Waals surface area contributed by atoms with Gasteiger partial charge in [0.05, 0.1) is 36.3 Å². The molecule has 0 spiro atoms. The Balaban J connectivity index is 0.00000274. The number of hydrogen-bond donors (Lipinski definition) is 3. The summed E-state index contributed by atoms with van der Waals surface area (Å²) >= 11 is 7.78. The van der Waals surface area contributed by atoms with Crippen LogP contribution in [0.4, 0.5) is 15.5 Å². The van der Waals surface area contributed by atoms with Crippen molar-refractivity contribution in [2.75, 3.05) is 30.8 Å². The minimum Gasteiger partial charge on any atom is -0.365 e. The van der Waals surface area contributed by atoms with Gasteiger partial charge in [0.1, 0.15) is 11.5 Å². The molecule has 0 saturated heterocycles. The summed E-state index contributed by atoms with van der Waals surface area (Å²) in [5.74, 6) is 0.319. The first-order valence-corrected chi connectivity index (χ1v) is 12.6. The second-order valence-corrected chi connectivity index (χ2v) is 11.0. The molecular formula is C25H29Cl2N4O2S+. The summed E-state index contributed by atoms with van der Waals surface area (Å²) in [5, 5.41) is 8.67. The topological polar surface area (TPSA) is 84.2 Å². The van der Waals surface area contributed by atoms with Gasteiger partial charge in [-0.1, -0.05) is 42.3 Å². The largest absolute Gasteiger partial charge is 0.365 e. The number of quaternary nitrogens is 1. The van der Waals surface area contributed by atoms with E-state index < -0.39 is 11.9 Å². The van der Waals surface area contributed by atoms with Crippen LogP contribution < -0.4 is 16.4 Å².